The highest BCUT2D eigenvalue weighted by Crippen LogP contribution is 2.15. The molecule has 1 atom stereocenters. The smallest absolute Gasteiger partial charge is 0.407 e. The summed E-state index contributed by atoms with van der Waals surface area (Å²) in [6, 6.07) is 0.449. The molecule has 8 heteroatoms. The van der Waals surface area contributed by atoms with Crippen molar-refractivity contribution >= 4 is 18.0 Å². The molecule has 0 saturated carbocycles. The van der Waals surface area contributed by atoms with E-state index in [9.17, 15) is 14.4 Å². The van der Waals surface area contributed by atoms with Crippen molar-refractivity contribution in [2.24, 2.45) is 0 Å². The van der Waals surface area contributed by atoms with Gasteiger partial charge in [0.05, 0.1) is 6.04 Å². The number of rotatable bonds is 35. The molecular formula is C44H80N2O6. The molecule has 1 unspecified atom stereocenters. The van der Waals surface area contributed by atoms with Gasteiger partial charge in [-0.05, 0) is 58.8 Å². The zero-order valence-corrected chi connectivity index (χ0v) is 34.2. The van der Waals surface area contributed by atoms with Crippen molar-refractivity contribution in [2.45, 2.75) is 213 Å². The van der Waals surface area contributed by atoms with Gasteiger partial charge in [0.2, 0.25) is 0 Å². The largest absolute Gasteiger partial charge is 0.462 e. The normalized spacial score (nSPS) is 14.2. The lowest BCUT2D eigenvalue weighted by Gasteiger charge is -2.42. The van der Waals surface area contributed by atoms with Gasteiger partial charge in [-0.25, -0.2) is 4.79 Å². The van der Waals surface area contributed by atoms with E-state index in [4.69, 9.17) is 14.2 Å². The molecule has 1 N–H and O–H groups in total. The lowest BCUT2D eigenvalue weighted by atomic mass is 10.0. The molecule has 1 rings (SSSR count). The minimum Gasteiger partial charge on any atom is -0.462 e. The van der Waals surface area contributed by atoms with E-state index in [-0.39, 0.29) is 31.2 Å². The third-order valence-corrected chi connectivity index (χ3v) is 9.91. The molecule has 0 aromatic heterocycles. The van der Waals surface area contributed by atoms with Crippen LogP contribution in [0.1, 0.15) is 195 Å². The number of nitrogens with one attached hydrogen (secondary N) is 1. The van der Waals surface area contributed by atoms with Crippen molar-refractivity contribution in [3.05, 3.63) is 24.3 Å². The van der Waals surface area contributed by atoms with Gasteiger partial charge < -0.3 is 19.5 Å². The third kappa shape index (κ3) is 29.1. The molecule has 0 aromatic carbocycles. The molecule has 0 aromatic rings. The van der Waals surface area contributed by atoms with Gasteiger partial charge in [-0.3, -0.25) is 14.5 Å². The average molecular weight is 733 g/mol. The van der Waals surface area contributed by atoms with Crippen LogP contribution in [-0.4, -0.2) is 67.4 Å². The molecule has 1 fully saturated rings. The van der Waals surface area contributed by atoms with Gasteiger partial charge in [0.15, 0.2) is 6.10 Å². The molecule has 8 nitrogen and oxygen atoms in total. The fourth-order valence-electron chi connectivity index (χ4n) is 6.38. The third-order valence-electron chi connectivity index (χ3n) is 9.91. The van der Waals surface area contributed by atoms with Crippen molar-refractivity contribution < 1.29 is 28.6 Å². The summed E-state index contributed by atoms with van der Waals surface area (Å²) in [5, 5.41) is 2.88. The number of carbonyl (C=O) groups excluding carboxylic acids is 3. The second-order valence-corrected chi connectivity index (χ2v) is 15.3. The molecule has 1 aliphatic rings. The fraction of sp³-hybridized carbons (Fsp3) is 0.841. The Morgan fingerprint density at radius 2 is 1.00 bits per heavy atom. The lowest BCUT2D eigenvalue weighted by Crippen LogP contribution is -2.61. The molecule has 0 bridgehead atoms. The highest BCUT2D eigenvalue weighted by molar-refractivity contribution is 5.70. The molecule has 1 amide bonds. The van der Waals surface area contributed by atoms with Gasteiger partial charge in [-0.2, -0.15) is 0 Å². The Morgan fingerprint density at radius 3 is 1.46 bits per heavy atom. The first kappa shape index (κ1) is 47.7. The predicted octanol–water partition coefficient (Wildman–Crippen LogP) is 11.6. The summed E-state index contributed by atoms with van der Waals surface area (Å²) in [6.45, 7) is 10.0. The number of ether oxygens (including phenoxy) is 3. The van der Waals surface area contributed by atoms with Crippen molar-refractivity contribution in [2.75, 3.05) is 26.3 Å². The molecule has 52 heavy (non-hydrogen) atoms. The van der Waals surface area contributed by atoms with Gasteiger partial charge in [0, 0.05) is 32.0 Å². The predicted molar refractivity (Wildman–Crippen MR) is 215 cm³/mol. The highest BCUT2D eigenvalue weighted by atomic mass is 16.6. The number of alkyl carbamates (subject to hydrolysis) is 1. The van der Waals surface area contributed by atoms with E-state index in [0.717, 1.165) is 77.3 Å². The van der Waals surface area contributed by atoms with Crippen LogP contribution in [0.3, 0.4) is 0 Å². The van der Waals surface area contributed by atoms with E-state index < -0.39 is 12.2 Å². The summed E-state index contributed by atoms with van der Waals surface area (Å²) in [7, 11) is 0. The molecule has 1 aliphatic heterocycles. The summed E-state index contributed by atoms with van der Waals surface area (Å²) < 4.78 is 16.5. The monoisotopic (exact) mass is 733 g/mol. The maximum atomic E-state index is 12.6. The van der Waals surface area contributed by atoms with Crippen molar-refractivity contribution in [1.29, 1.82) is 0 Å². The minimum absolute atomic E-state index is 0.0227. The zero-order valence-electron chi connectivity index (χ0n) is 34.2. The Labute approximate surface area is 319 Å². The molecule has 1 saturated heterocycles. The number of amides is 1. The Kier molecular flexibility index (Phi) is 31.6. The number of hydrogen-bond donors (Lipinski definition) is 1. The Bertz CT molecular complexity index is 930. The van der Waals surface area contributed by atoms with Crippen LogP contribution in [-0.2, 0) is 23.8 Å². The average Bonchev–Trinajstić information content (AvgIpc) is 3.10. The molecule has 0 spiro atoms. The van der Waals surface area contributed by atoms with Gasteiger partial charge in [0.1, 0.15) is 13.2 Å². The standard InChI is InChI=1S/C44H80N2O6/c1-5-7-9-11-13-15-17-19-20-22-24-26-28-30-32-34-43(48)51-38-41(52-44(49)45-40-35-46(36-40)39(3)4)37-50-42(47)33-31-29-27-25-23-21-18-16-14-12-10-8-6-2/h13,15,19-20,39-41H,5-12,14,16-18,21-38H2,1-4H3,(H,45,49)/b15-13-,20-19-. The van der Waals surface area contributed by atoms with Crippen LogP contribution >= 0.6 is 0 Å². The van der Waals surface area contributed by atoms with Crippen molar-refractivity contribution in [3.8, 4) is 0 Å². The second-order valence-electron chi connectivity index (χ2n) is 15.3. The van der Waals surface area contributed by atoms with Gasteiger partial charge in [0.25, 0.3) is 0 Å². The van der Waals surface area contributed by atoms with E-state index in [0.29, 0.717) is 18.9 Å². The van der Waals surface area contributed by atoms with Gasteiger partial charge in [-0.15, -0.1) is 0 Å². The lowest BCUT2D eigenvalue weighted by molar-refractivity contribution is -0.152. The van der Waals surface area contributed by atoms with Crippen LogP contribution in [0.15, 0.2) is 24.3 Å². The summed E-state index contributed by atoms with van der Waals surface area (Å²) in [4.78, 5) is 39.8. The maximum absolute atomic E-state index is 12.6. The SMILES string of the molecule is CCCCC/C=C\C/C=C\CCCCCCCC(=O)OCC(COC(=O)CCCCCCCCCCCCCCC)OC(=O)NC1CN(C(C)C)C1. The van der Waals surface area contributed by atoms with Crippen LogP contribution in [0.5, 0.6) is 0 Å². The van der Waals surface area contributed by atoms with Crippen LogP contribution < -0.4 is 5.32 Å². The molecule has 0 radical (unpaired) electrons. The van der Waals surface area contributed by atoms with Gasteiger partial charge >= 0.3 is 18.0 Å². The molecule has 0 aliphatic carbocycles. The summed E-state index contributed by atoms with van der Waals surface area (Å²) in [5.41, 5.74) is 0. The second kappa shape index (κ2) is 34.4. The zero-order chi connectivity index (χ0) is 37.9. The van der Waals surface area contributed by atoms with Crippen LogP contribution in [0.4, 0.5) is 4.79 Å². The number of unbranched alkanes of at least 4 members (excludes halogenated alkanes) is 20. The Hall–Kier alpha value is -2.35. The molecule has 1 heterocycles. The van der Waals surface area contributed by atoms with Crippen LogP contribution in [0.25, 0.3) is 0 Å². The number of carbonyl (C=O) groups is 3. The van der Waals surface area contributed by atoms with Crippen molar-refractivity contribution in [1.82, 2.24) is 10.2 Å². The topological polar surface area (TPSA) is 94.2 Å². The van der Waals surface area contributed by atoms with Crippen LogP contribution in [0.2, 0.25) is 0 Å². The first-order valence-corrected chi connectivity index (χ1v) is 21.7. The van der Waals surface area contributed by atoms with E-state index >= 15 is 0 Å². The number of nitrogens with zero attached hydrogens (tertiary/aromatic N) is 1. The van der Waals surface area contributed by atoms with E-state index in [2.05, 4.69) is 62.2 Å². The fourth-order valence-corrected chi connectivity index (χ4v) is 6.38. The summed E-state index contributed by atoms with van der Waals surface area (Å²) >= 11 is 0. The van der Waals surface area contributed by atoms with Crippen LogP contribution in [0, 0.1) is 0 Å². The van der Waals surface area contributed by atoms with E-state index in [1.807, 2.05) is 0 Å². The summed E-state index contributed by atoms with van der Waals surface area (Å²) in [5.74, 6) is -0.621. The quantitative estimate of drug-likeness (QED) is 0.0300. The Morgan fingerprint density at radius 1 is 0.596 bits per heavy atom. The Balaban J connectivity index is 2.24. The number of allylic oxidation sites excluding steroid dienone is 4. The molecular weight excluding hydrogens is 652 g/mol. The maximum Gasteiger partial charge on any atom is 0.407 e. The minimum atomic E-state index is -0.842. The number of esters is 2. The molecule has 302 valence electrons. The van der Waals surface area contributed by atoms with Crippen molar-refractivity contribution in [3.63, 3.8) is 0 Å². The van der Waals surface area contributed by atoms with Gasteiger partial charge in [-0.1, -0.05) is 147 Å². The summed E-state index contributed by atoms with van der Waals surface area (Å²) in [6.07, 6.45) is 36.9. The number of likely N-dealkylation sites (tertiary alicyclic amines) is 1. The first-order valence-electron chi connectivity index (χ1n) is 21.7. The number of hydrogen-bond acceptors (Lipinski definition) is 7. The van der Waals surface area contributed by atoms with E-state index in [1.165, 1.54) is 89.9 Å². The van der Waals surface area contributed by atoms with E-state index in [1.54, 1.807) is 0 Å². The first-order chi connectivity index (χ1) is 25.3. The highest BCUT2D eigenvalue weighted by Gasteiger charge is 2.31.